The fourth-order valence-corrected chi connectivity index (χ4v) is 11.3. The van der Waals surface area contributed by atoms with Crippen LogP contribution in [-0.4, -0.2) is 96.7 Å². The molecule has 0 aliphatic heterocycles. The van der Waals surface area contributed by atoms with E-state index in [1.165, 1.54) is 44.9 Å². The predicted molar refractivity (Wildman–Crippen MR) is 408 cm³/mol. The first-order valence-electron chi connectivity index (χ1n) is 38.4. The molecular weight excluding hydrogens is 1310 g/mol. The molecule has 0 aromatic carbocycles. The molecule has 0 aliphatic rings. The van der Waals surface area contributed by atoms with E-state index in [0.717, 1.165) is 167 Å². The lowest BCUT2D eigenvalue weighted by Gasteiger charge is -2.21. The molecule has 0 aromatic heterocycles. The zero-order valence-corrected chi connectivity index (χ0v) is 64.1. The molecule has 100 heavy (non-hydrogen) atoms. The molecule has 0 radical (unpaired) electrons. The highest BCUT2D eigenvalue weighted by Gasteiger charge is 2.30. The Hall–Kier alpha value is -4.80. The van der Waals surface area contributed by atoms with Crippen molar-refractivity contribution < 1.29 is 80.2 Å². The van der Waals surface area contributed by atoms with Crippen molar-refractivity contribution in [1.29, 1.82) is 0 Å². The van der Waals surface area contributed by atoms with Gasteiger partial charge in [-0.15, -0.1) is 0 Å². The number of phosphoric ester groups is 2. The van der Waals surface area contributed by atoms with E-state index in [1.807, 2.05) is 12.2 Å². The predicted octanol–water partition coefficient (Wildman–Crippen LogP) is 22.1. The molecule has 5 atom stereocenters. The summed E-state index contributed by atoms with van der Waals surface area (Å²) in [6.45, 7) is 4.49. The Kier molecular flexibility index (Phi) is 69.1. The highest BCUT2D eigenvalue weighted by atomic mass is 31.2. The highest BCUT2D eigenvalue weighted by Crippen LogP contribution is 2.45. The lowest BCUT2D eigenvalue weighted by Crippen LogP contribution is -2.30. The standard InChI is InChI=1S/C81H136O17P2/c1-5-9-13-17-21-25-29-33-36-37-40-43-46-50-54-58-62-66-79(84)92-72-77(98-81(86)68-64-60-56-52-48-44-39-35-31-27-23-19-15-11-7-3)74-96-100(89,90)94-70-75(82)69-93-99(87,88)95-73-76(97-80(85)67-63-59-55-51-47-41-32-28-24-20-16-12-8-4)71-91-78(83)65-61-57-53-49-45-42-38-34-30-26-22-18-14-10-6-2/h9,11,13,15,21-23,25-28,32-36,38-40,43,50,54,75-77,82H,5-8,10,12,14,16-20,24,29-31,37,41-42,44-49,51-53,55-74H2,1-4H3,(H,87,88)(H,89,90)/b13-9-,15-11-,25-21-,26-22-,27-23-,32-28-,36-33-,38-34-,39-35-,43-40-,54-50-. The molecule has 0 bridgehead atoms. The van der Waals surface area contributed by atoms with Crippen LogP contribution in [0.5, 0.6) is 0 Å². The minimum atomic E-state index is -5.00. The van der Waals surface area contributed by atoms with E-state index in [-0.39, 0.29) is 25.7 Å². The summed E-state index contributed by atoms with van der Waals surface area (Å²) >= 11 is 0. The summed E-state index contributed by atoms with van der Waals surface area (Å²) in [7, 11) is -9.98. The second kappa shape index (κ2) is 72.5. The number of allylic oxidation sites excluding steroid dienone is 22. The van der Waals surface area contributed by atoms with Crippen molar-refractivity contribution in [3.05, 3.63) is 134 Å². The first-order chi connectivity index (χ1) is 48.7. The van der Waals surface area contributed by atoms with Crippen molar-refractivity contribution in [3.8, 4) is 0 Å². The van der Waals surface area contributed by atoms with Crippen LogP contribution in [0.15, 0.2) is 134 Å². The maximum atomic E-state index is 13.1. The Morgan fingerprint density at radius 2 is 0.530 bits per heavy atom. The molecule has 0 fully saturated rings. The van der Waals surface area contributed by atoms with E-state index in [4.69, 9.17) is 37.0 Å². The van der Waals surface area contributed by atoms with Crippen LogP contribution in [-0.2, 0) is 65.4 Å². The van der Waals surface area contributed by atoms with Crippen LogP contribution in [0.2, 0.25) is 0 Å². The van der Waals surface area contributed by atoms with Gasteiger partial charge in [0.2, 0.25) is 0 Å². The molecule has 19 heteroatoms. The third-order valence-corrected chi connectivity index (χ3v) is 17.5. The zero-order chi connectivity index (χ0) is 73.2. The Balaban J connectivity index is 5.43. The number of unbranched alkanes of at least 4 members (excludes halogenated alkanes) is 23. The van der Waals surface area contributed by atoms with Gasteiger partial charge in [-0.1, -0.05) is 251 Å². The molecule has 572 valence electrons. The fourth-order valence-electron chi connectivity index (χ4n) is 9.76. The normalized spacial score (nSPS) is 14.7. The van der Waals surface area contributed by atoms with Gasteiger partial charge in [0, 0.05) is 25.7 Å². The van der Waals surface area contributed by atoms with Gasteiger partial charge in [-0.25, -0.2) is 9.13 Å². The van der Waals surface area contributed by atoms with Crippen LogP contribution in [0, 0.1) is 0 Å². The second-order valence-corrected chi connectivity index (χ2v) is 28.1. The number of hydrogen-bond donors (Lipinski definition) is 3. The molecule has 17 nitrogen and oxygen atoms in total. The van der Waals surface area contributed by atoms with Gasteiger partial charge in [0.05, 0.1) is 26.4 Å². The van der Waals surface area contributed by atoms with Crippen molar-refractivity contribution in [2.75, 3.05) is 39.6 Å². The maximum absolute atomic E-state index is 13.1. The van der Waals surface area contributed by atoms with Gasteiger partial charge >= 0.3 is 39.5 Å². The van der Waals surface area contributed by atoms with E-state index in [0.29, 0.717) is 32.1 Å². The molecule has 3 N–H and O–H groups in total. The SMILES string of the molecule is CC/C=C\C/C=C\C/C=C\C/C=C\C/C=C\CCCC(=O)OCC(COP(=O)(O)OCC(O)COP(=O)(O)OCC(COC(=O)CCCCCCC/C=C\C/C=C\CCCCC)OC(=O)CCCCCCC/C=C\CCCCCC)OC(=O)CCCCCCC/C=C\C/C=C\C/C=C\CC. The van der Waals surface area contributed by atoms with Crippen molar-refractivity contribution in [3.63, 3.8) is 0 Å². The van der Waals surface area contributed by atoms with Gasteiger partial charge in [-0.2, -0.15) is 0 Å². The third kappa shape index (κ3) is 71.6. The number of hydrogen-bond acceptors (Lipinski definition) is 15. The number of carbonyl (C=O) groups excluding carboxylic acids is 4. The van der Waals surface area contributed by atoms with Gasteiger partial charge < -0.3 is 33.8 Å². The Bertz CT molecular complexity index is 2420. The van der Waals surface area contributed by atoms with Crippen LogP contribution in [0.1, 0.15) is 297 Å². The molecule has 0 amide bonds. The molecular formula is C81H136O17P2. The van der Waals surface area contributed by atoms with E-state index in [9.17, 15) is 43.2 Å². The maximum Gasteiger partial charge on any atom is 0.472 e. The summed E-state index contributed by atoms with van der Waals surface area (Å²) in [6.07, 6.45) is 80.2. The lowest BCUT2D eigenvalue weighted by atomic mass is 10.1. The number of aliphatic hydroxyl groups excluding tert-OH is 1. The molecule has 0 saturated carbocycles. The lowest BCUT2D eigenvalue weighted by molar-refractivity contribution is -0.161. The molecule has 0 saturated heterocycles. The average Bonchev–Trinajstić information content (AvgIpc) is 1.06. The monoisotopic (exact) mass is 1440 g/mol. The smallest absolute Gasteiger partial charge is 0.462 e. The summed E-state index contributed by atoms with van der Waals surface area (Å²) in [5.74, 6) is -2.29. The van der Waals surface area contributed by atoms with Gasteiger partial charge in [0.15, 0.2) is 12.2 Å². The topological polar surface area (TPSA) is 237 Å². The average molecular weight is 1440 g/mol. The molecule has 5 unspecified atom stereocenters. The van der Waals surface area contributed by atoms with Crippen molar-refractivity contribution >= 4 is 39.5 Å². The van der Waals surface area contributed by atoms with E-state index < -0.39 is 97.5 Å². The van der Waals surface area contributed by atoms with Gasteiger partial charge in [0.25, 0.3) is 0 Å². The second-order valence-electron chi connectivity index (χ2n) is 25.2. The number of phosphoric acid groups is 2. The summed E-state index contributed by atoms with van der Waals surface area (Å²) in [5, 5.41) is 10.6. The van der Waals surface area contributed by atoms with Gasteiger partial charge in [-0.05, 0) is 154 Å². The molecule has 0 spiro atoms. The Morgan fingerprint density at radius 3 is 0.870 bits per heavy atom. The van der Waals surface area contributed by atoms with E-state index in [2.05, 4.69) is 149 Å². The third-order valence-electron chi connectivity index (χ3n) is 15.6. The number of rotatable bonds is 71. The Morgan fingerprint density at radius 1 is 0.290 bits per heavy atom. The quantitative estimate of drug-likeness (QED) is 0.0169. The largest absolute Gasteiger partial charge is 0.472 e. The van der Waals surface area contributed by atoms with Crippen molar-refractivity contribution in [2.24, 2.45) is 0 Å². The van der Waals surface area contributed by atoms with Gasteiger partial charge in [-0.3, -0.25) is 37.3 Å². The number of esters is 4. The van der Waals surface area contributed by atoms with Crippen LogP contribution in [0.4, 0.5) is 0 Å². The summed E-state index contributed by atoms with van der Waals surface area (Å²) in [4.78, 5) is 72.9. The van der Waals surface area contributed by atoms with E-state index >= 15 is 0 Å². The van der Waals surface area contributed by atoms with Gasteiger partial charge in [0.1, 0.15) is 19.3 Å². The van der Waals surface area contributed by atoms with Crippen LogP contribution in [0.3, 0.4) is 0 Å². The summed E-state index contributed by atoms with van der Waals surface area (Å²) in [6, 6.07) is 0. The fraction of sp³-hybridized carbons (Fsp3) is 0.679. The first kappa shape index (κ1) is 95.2. The molecule has 0 aliphatic carbocycles. The number of aliphatic hydroxyl groups is 1. The Labute approximate surface area is 605 Å². The van der Waals surface area contributed by atoms with Crippen molar-refractivity contribution in [2.45, 2.75) is 316 Å². The summed E-state index contributed by atoms with van der Waals surface area (Å²) in [5.41, 5.74) is 0. The molecule has 0 aromatic rings. The number of ether oxygens (including phenoxy) is 4. The minimum absolute atomic E-state index is 0.0594. The van der Waals surface area contributed by atoms with Crippen LogP contribution >= 0.6 is 15.6 Å². The highest BCUT2D eigenvalue weighted by molar-refractivity contribution is 7.47. The van der Waals surface area contributed by atoms with Crippen LogP contribution in [0.25, 0.3) is 0 Å². The van der Waals surface area contributed by atoms with E-state index in [1.54, 1.807) is 0 Å². The molecule has 0 rings (SSSR count). The zero-order valence-electron chi connectivity index (χ0n) is 62.3. The molecule has 0 heterocycles. The number of carbonyl (C=O) groups is 4. The minimum Gasteiger partial charge on any atom is -0.462 e. The first-order valence-corrected chi connectivity index (χ1v) is 41.4. The summed E-state index contributed by atoms with van der Waals surface area (Å²) < 4.78 is 68.4. The van der Waals surface area contributed by atoms with Crippen molar-refractivity contribution in [1.82, 2.24) is 0 Å². The van der Waals surface area contributed by atoms with Crippen LogP contribution < -0.4 is 0 Å².